The number of carbonyl (C=O) groups is 2. The third-order valence-electron chi connectivity index (χ3n) is 5.32. The lowest BCUT2D eigenvalue weighted by atomic mass is 9.99. The highest BCUT2D eigenvalue weighted by molar-refractivity contribution is 6.11. The van der Waals surface area contributed by atoms with E-state index in [2.05, 4.69) is 9.97 Å². The number of benzene rings is 1. The quantitative estimate of drug-likeness (QED) is 0.482. The van der Waals surface area contributed by atoms with Gasteiger partial charge in [0.1, 0.15) is 11.6 Å². The Morgan fingerprint density at radius 3 is 2.53 bits per heavy atom. The van der Waals surface area contributed by atoms with Crippen LogP contribution in [-0.4, -0.2) is 27.8 Å². The van der Waals surface area contributed by atoms with Crippen molar-refractivity contribution in [1.29, 1.82) is 5.26 Å². The molecule has 3 rings (SSSR count). The topological polar surface area (TPSA) is 116 Å². The van der Waals surface area contributed by atoms with E-state index in [9.17, 15) is 14.4 Å². The number of pyridine rings is 1. The number of carbonyl (C=O) groups excluding carboxylic acids is 2. The predicted molar refractivity (Wildman–Crippen MR) is 112 cm³/mol. The zero-order valence-electron chi connectivity index (χ0n) is 17.4. The first-order valence-corrected chi connectivity index (χ1v) is 9.68. The number of esters is 1. The lowest BCUT2D eigenvalue weighted by molar-refractivity contribution is -0.146. The molecule has 0 radical (unpaired) electrons. The highest BCUT2D eigenvalue weighted by Gasteiger charge is 2.24. The lowest BCUT2D eigenvalue weighted by Gasteiger charge is -2.14. The van der Waals surface area contributed by atoms with E-state index in [1.54, 1.807) is 20.8 Å². The second kappa shape index (κ2) is 8.37. The molecule has 0 aliphatic rings. The summed E-state index contributed by atoms with van der Waals surface area (Å²) in [7, 11) is 0. The van der Waals surface area contributed by atoms with Gasteiger partial charge in [0.15, 0.2) is 6.10 Å². The number of aromatic nitrogens is 2. The number of H-pyrrole nitrogens is 2. The molecule has 0 aliphatic carbocycles. The van der Waals surface area contributed by atoms with E-state index in [0.29, 0.717) is 23.2 Å². The third kappa shape index (κ3) is 3.90. The molecule has 0 amide bonds. The molecule has 0 unspecified atom stereocenters. The summed E-state index contributed by atoms with van der Waals surface area (Å²) < 4.78 is 5.38. The number of aryl methyl sites for hydroxylation is 2. The number of aromatic amines is 2. The number of ketones is 1. The maximum atomic E-state index is 12.9. The van der Waals surface area contributed by atoms with Crippen molar-refractivity contribution in [1.82, 2.24) is 9.97 Å². The molecule has 2 heterocycles. The Labute approximate surface area is 173 Å². The van der Waals surface area contributed by atoms with E-state index in [-0.39, 0.29) is 17.8 Å². The number of nitrogens with one attached hydrogen (secondary N) is 2. The minimum Gasteiger partial charge on any atom is -0.454 e. The molecule has 7 heteroatoms. The number of ether oxygens (including phenoxy) is 1. The fraction of sp³-hybridized carbons (Fsp3) is 0.304. The predicted octanol–water partition coefficient (Wildman–Crippen LogP) is 3.40. The third-order valence-corrected chi connectivity index (χ3v) is 5.32. The first-order chi connectivity index (χ1) is 14.2. The molecule has 3 aromatic rings. The monoisotopic (exact) mass is 405 g/mol. The smallest absolute Gasteiger partial charge is 0.306 e. The van der Waals surface area contributed by atoms with E-state index in [0.717, 1.165) is 22.2 Å². The summed E-state index contributed by atoms with van der Waals surface area (Å²) in [6, 6.07) is 9.38. The molecular formula is C23H23N3O4. The molecule has 0 bridgehead atoms. The Kier molecular flexibility index (Phi) is 5.88. The standard InChI is InChI=1S/C23H23N3O4/c1-12-16(13(2)26-23(29)18(12)11-24)9-10-20(27)30-15(4)22(28)21-14(3)25-19-8-6-5-7-17(19)21/h5-8,15,25H,9-10H2,1-4H3,(H,26,29)/t15-/m1/s1. The number of nitriles is 1. The molecule has 2 N–H and O–H groups in total. The molecule has 1 aromatic carbocycles. The second-order valence-corrected chi connectivity index (χ2v) is 7.34. The Balaban J connectivity index is 1.71. The Bertz CT molecular complexity index is 1240. The first kappa shape index (κ1) is 21.1. The maximum Gasteiger partial charge on any atom is 0.306 e. The summed E-state index contributed by atoms with van der Waals surface area (Å²) in [5.74, 6) is -0.779. The van der Waals surface area contributed by atoms with Gasteiger partial charge < -0.3 is 14.7 Å². The summed E-state index contributed by atoms with van der Waals surface area (Å²) in [6.07, 6.45) is -0.597. The van der Waals surface area contributed by atoms with Gasteiger partial charge in [-0.15, -0.1) is 0 Å². The zero-order chi connectivity index (χ0) is 22.0. The van der Waals surface area contributed by atoms with E-state index < -0.39 is 17.6 Å². The van der Waals surface area contributed by atoms with Gasteiger partial charge in [-0.05, 0) is 51.3 Å². The molecular weight excluding hydrogens is 382 g/mol. The molecule has 0 fully saturated rings. The van der Waals surface area contributed by atoms with Crippen molar-refractivity contribution >= 4 is 22.7 Å². The van der Waals surface area contributed by atoms with Crippen molar-refractivity contribution in [2.75, 3.05) is 0 Å². The van der Waals surface area contributed by atoms with Crippen LogP contribution in [0.3, 0.4) is 0 Å². The summed E-state index contributed by atoms with van der Waals surface area (Å²) in [6.45, 7) is 6.79. The summed E-state index contributed by atoms with van der Waals surface area (Å²) in [5.41, 5.74) is 3.62. The van der Waals surface area contributed by atoms with Crippen LogP contribution in [0.2, 0.25) is 0 Å². The normalized spacial score (nSPS) is 11.8. The van der Waals surface area contributed by atoms with Crippen LogP contribution in [0.15, 0.2) is 29.1 Å². The Morgan fingerprint density at radius 2 is 1.83 bits per heavy atom. The van der Waals surface area contributed by atoms with Gasteiger partial charge in [-0.1, -0.05) is 18.2 Å². The molecule has 0 saturated heterocycles. The Morgan fingerprint density at radius 1 is 1.13 bits per heavy atom. The number of Topliss-reactive ketones (excluding diaryl/α,β-unsaturated/α-hetero) is 1. The number of nitrogens with zero attached hydrogens (tertiary/aromatic N) is 1. The average molecular weight is 405 g/mol. The van der Waals surface area contributed by atoms with Crippen LogP contribution in [0.1, 0.15) is 51.8 Å². The summed E-state index contributed by atoms with van der Waals surface area (Å²) in [5, 5.41) is 9.96. The molecule has 0 saturated carbocycles. The largest absolute Gasteiger partial charge is 0.454 e. The highest BCUT2D eigenvalue weighted by Crippen LogP contribution is 2.24. The number of rotatable bonds is 6. The lowest BCUT2D eigenvalue weighted by Crippen LogP contribution is -2.25. The van der Waals surface area contributed by atoms with Crippen LogP contribution in [-0.2, 0) is 16.0 Å². The average Bonchev–Trinajstić information content (AvgIpc) is 3.02. The molecule has 2 aromatic heterocycles. The molecule has 0 spiro atoms. The van der Waals surface area contributed by atoms with Crippen molar-refractivity contribution < 1.29 is 14.3 Å². The van der Waals surface area contributed by atoms with E-state index in [4.69, 9.17) is 10.00 Å². The van der Waals surface area contributed by atoms with Gasteiger partial charge in [-0.3, -0.25) is 14.4 Å². The van der Waals surface area contributed by atoms with E-state index in [1.165, 1.54) is 0 Å². The fourth-order valence-corrected chi connectivity index (χ4v) is 3.75. The molecule has 7 nitrogen and oxygen atoms in total. The van der Waals surface area contributed by atoms with Crippen LogP contribution in [0.5, 0.6) is 0 Å². The van der Waals surface area contributed by atoms with Crippen LogP contribution in [0.4, 0.5) is 0 Å². The minimum atomic E-state index is -0.928. The maximum absolute atomic E-state index is 12.9. The van der Waals surface area contributed by atoms with Gasteiger partial charge in [0.2, 0.25) is 5.78 Å². The summed E-state index contributed by atoms with van der Waals surface area (Å²) in [4.78, 5) is 42.9. The minimum absolute atomic E-state index is 0.0308. The van der Waals surface area contributed by atoms with Crippen LogP contribution in [0.25, 0.3) is 10.9 Å². The van der Waals surface area contributed by atoms with Gasteiger partial charge in [0.25, 0.3) is 5.56 Å². The van der Waals surface area contributed by atoms with Crippen molar-refractivity contribution in [2.45, 2.75) is 46.6 Å². The van der Waals surface area contributed by atoms with Gasteiger partial charge in [-0.25, -0.2) is 0 Å². The van der Waals surface area contributed by atoms with E-state index >= 15 is 0 Å². The van der Waals surface area contributed by atoms with Gasteiger partial charge >= 0.3 is 5.97 Å². The van der Waals surface area contributed by atoms with Crippen molar-refractivity contribution in [3.63, 3.8) is 0 Å². The molecule has 30 heavy (non-hydrogen) atoms. The van der Waals surface area contributed by atoms with Crippen LogP contribution >= 0.6 is 0 Å². The van der Waals surface area contributed by atoms with Crippen LogP contribution < -0.4 is 5.56 Å². The SMILES string of the molecule is Cc1[nH]c(=O)c(C#N)c(C)c1CCC(=O)O[C@H](C)C(=O)c1c(C)[nH]c2ccccc12. The van der Waals surface area contributed by atoms with Crippen molar-refractivity contribution in [3.8, 4) is 6.07 Å². The van der Waals surface area contributed by atoms with Gasteiger partial charge in [-0.2, -0.15) is 5.26 Å². The highest BCUT2D eigenvalue weighted by atomic mass is 16.5. The first-order valence-electron chi connectivity index (χ1n) is 9.68. The number of hydrogen-bond acceptors (Lipinski definition) is 5. The number of hydrogen-bond donors (Lipinski definition) is 2. The molecule has 154 valence electrons. The van der Waals surface area contributed by atoms with Crippen LogP contribution in [0, 0.1) is 32.1 Å². The van der Waals surface area contributed by atoms with Crippen molar-refractivity contribution in [3.05, 3.63) is 68.3 Å². The zero-order valence-corrected chi connectivity index (χ0v) is 17.4. The van der Waals surface area contributed by atoms with E-state index in [1.807, 2.05) is 37.3 Å². The number of para-hydroxylation sites is 1. The van der Waals surface area contributed by atoms with Gasteiger partial charge in [0, 0.05) is 34.3 Å². The molecule has 1 atom stereocenters. The Hall–Kier alpha value is -3.66. The molecule has 0 aliphatic heterocycles. The van der Waals surface area contributed by atoms with Gasteiger partial charge in [0.05, 0.1) is 0 Å². The second-order valence-electron chi connectivity index (χ2n) is 7.34. The summed E-state index contributed by atoms with van der Waals surface area (Å²) >= 11 is 0. The number of fused-ring (bicyclic) bond motifs is 1. The fourth-order valence-electron chi connectivity index (χ4n) is 3.75. The van der Waals surface area contributed by atoms with Crippen molar-refractivity contribution in [2.24, 2.45) is 0 Å².